The topological polar surface area (TPSA) is 103 Å². The summed E-state index contributed by atoms with van der Waals surface area (Å²) in [5.74, 6) is 1.16. The van der Waals surface area contributed by atoms with Crippen LogP contribution in [0.4, 0.5) is 16.3 Å². The minimum absolute atomic E-state index is 0.367. The molecular weight excluding hydrogens is 462 g/mol. The second-order valence-corrected chi connectivity index (χ2v) is 10.3. The number of carbonyl (C=O) groups excluding carboxylic acids is 1. The highest BCUT2D eigenvalue weighted by Gasteiger charge is 2.27. The van der Waals surface area contributed by atoms with E-state index < -0.39 is 17.8 Å². The number of aromatic nitrogens is 1. The standard InChI is InChI=1S/C26H31N5O3S/c1-6-20-21(13-27)24(30-23(22(20)28-5)31-12-11-19(32)15-31)35-16-18-9-7-17(8-10-18)14-29-25(33)34-26(2,3)4/h7-10,19,32H,6,11-12,14-16H2,1-4H3,(H,29,33). The molecule has 1 saturated heterocycles. The lowest BCUT2D eigenvalue weighted by Crippen LogP contribution is -2.32. The van der Waals surface area contributed by atoms with Gasteiger partial charge in [0.15, 0.2) is 0 Å². The van der Waals surface area contributed by atoms with Crippen molar-refractivity contribution in [2.24, 2.45) is 0 Å². The quantitative estimate of drug-likeness (QED) is 0.415. The number of nitriles is 1. The lowest BCUT2D eigenvalue weighted by Gasteiger charge is -2.22. The van der Waals surface area contributed by atoms with Gasteiger partial charge in [-0.05, 0) is 50.3 Å². The van der Waals surface area contributed by atoms with Crippen molar-refractivity contribution in [3.05, 3.63) is 57.9 Å². The molecule has 1 amide bonds. The Morgan fingerprint density at radius 1 is 1.37 bits per heavy atom. The van der Waals surface area contributed by atoms with E-state index in [9.17, 15) is 15.2 Å². The molecule has 1 aromatic heterocycles. The van der Waals surface area contributed by atoms with Crippen molar-refractivity contribution in [3.8, 4) is 6.07 Å². The highest BCUT2D eigenvalue weighted by atomic mass is 32.2. The van der Waals surface area contributed by atoms with E-state index in [4.69, 9.17) is 16.3 Å². The predicted octanol–water partition coefficient (Wildman–Crippen LogP) is 4.95. The molecule has 184 valence electrons. The number of pyridine rings is 1. The average Bonchev–Trinajstić information content (AvgIpc) is 3.25. The van der Waals surface area contributed by atoms with Crippen molar-refractivity contribution in [1.82, 2.24) is 10.3 Å². The van der Waals surface area contributed by atoms with Gasteiger partial charge >= 0.3 is 6.09 Å². The Morgan fingerprint density at radius 3 is 2.60 bits per heavy atom. The number of rotatable bonds is 7. The lowest BCUT2D eigenvalue weighted by molar-refractivity contribution is 0.0523. The number of benzene rings is 1. The van der Waals surface area contributed by atoms with Crippen LogP contribution in [0.3, 0.4) is 0 Å². The summed E-state index contributed by atoms with van der Waals surface area (Å²) in [7, 11) is 0. The van der Waals surface area contributed by atoms with E-state index in [2.05, 4.69) is 16.2 Å². The van der Waals surface area contributed by atoms with Crippen LogP contribution in [-0.2, 0) is 23.5 Å². The van der Waals surface area contributed by atoms with Gasteiger partial charge in [-0.15, -0.1) is 11.8 Å². The van der Waals surface area contributed by atoms with Gasteiger partial charge in [0.2, 0.25) is 5.69 Å². The largest absolute Gasteiger partial charge is 0.444 e. The number of aliphatic hydroxyl groups is 1. The minimum Gasteiger partial charge on any atom is -0.444 e. The van der Waals surface area contributed by atoms with Crippen LogP contribution in [0.2, 0.25) is 0 Å². The summed E-state index contributed by atoms with van der Waals surface area (Å²) in [6.07, 6.45) is 0.302. The fourth-order valence-corrected chi connectivity index (χ4v) is 4.78. The molecule has 2 aromatic rings. The van der Waals surface area contributed by atoms with E-state index in [1.807, 2.05) is 56.9 Å². The van der Waals surface area contributed by atoms with Crippen molar-refractivity contribution in [2.75, 3.05) is 18.0 Å². The first-order valence-electron chi connectivity index (χ1n) is 11.6. The average molecular weight is 494 g/mol. The Kier molecular flexibility index (Phi) is 8.61. The number of hydrogen-bond acceptors (Lipinski definition) is 7. The number of amides is 1. The minimum atomic E-state index is -0.541. The molecule has 1 unspecified atom stereocenters. The Bertz CT molecular complexity index is 1150. The van der Waals surface area contributed by atoms with Gasteiger partial charge < -0.3 is 20.1 Å². The molecule has 0 radical (unpaired) electrons. The molecule has 1 aliphatic heterocycles. The lowest BCUT2D eigenvalue weighted by atomic mass is 10.1. The number of ether oxygens (including phenoxy) is 1. The summed E-state index contributed by atoms with van der Waals surface area (Å²) >= 11 is 1.46. The van der Waals surface area contributed by atoms with E-state index in [0.29, 0.717) is 65.9 Å². The van der Waals surface area contributed by atoms with Crippen LogP contribution in [-0.4, -0.2) is 41.0 Å². The molecular formula is C26H31N5O3S. The third kappa shape index (κ3) is 6.88. The molecule has 0 aliphatic carbocycles. The van der Waals surface area contributed by atoms with Gasteiger partial charge in [-0.1, -0.05) is 31.2 Å². The van der Waals surface area contributed by atoms with Gasteiger partial charge in [0.25, 0.3) is 0 Å². The van der Waals surface area contributed by atoms with Crippen molar-refractivity contribution in [1.29, 1.82) is 5.26 Å². The summed E-state index contributed by atoms with van der Waals surface area (Å²) in [5, 5.41) is 23.2. The molecule has 35 heavy (non-hydrogen) atoms. The maximum Gasteiger partial charge on any atom is 0.407 e. The van der Waals surface area contributed by atoms with Gasteiger partial charge in [-0.25, -0.2) is 14.6 Å². The van der Waals surface area contributed by atoms with E-state index in [-0.39, 0.29) is 0 Å². The number of β-amino-alcohol motifs (C(OH)–C–C–N with tert-alkyl or cyclic N) is 1. The van der Waals surface area contributed by atoms with Gasteiger partial charge in [-0.3, -0.25) is 0 Å². The van der Waals surface area contributed by atoms with Crippen molar-refractivity contribution in [3.63, 3.8) is 0 Å². The molecule has 2 heterocycles. The number of aliphatic hydroxyl groups excluding tert-OH is 1. The molecule has 1 aliphatic rings. The molecule has 1 fully saturated rings. The monoisotopic (exact) mass is 493 g/mol. The maximum absolute atomic E-state index is 11.9. The number of carbonyl (C=O) groups is 1. The molecule has 2 N–H and O–H groups in total. The Balaban J connectivity index is 1.74. The van der Waals surface area contributed by atoms with Crippen LogP contribution in [0, 0.1) is 17.9 Å². The number of nitrogens with zero attached hydrogens (tertiary/aromatic N) is 4. The second kappa shape index (κ2) is 11.4. The Morgan fingerprint density at radius 2 is 2.06 bits per heavy atom. The Labute approximate surface area is 211 Å². The first-order valence-corrected chi connectivity index (χ1v) is 12.6. The molecule has 3 rings (SSSR count). The van der Waals surface area contributed by atoms with Gasteiger partial charge in [0.1, 0.15) is 22.5 Å². The van der Waals surface area contributed by atoms with E-state index in [0.717, 1.165) is 11.1 Å². The first kappa shape index (κ1) is 26.3. The number of nitrogens with one attached hydrogen (secondary N) is 1. The summed E-state index contributed by atoms with van der Waals surface area (Å²) < 4.78 is 5.26. The molecule has 9 heteroatoms. The highest BCUT2D eigenvalue weighted by Crippen LogP contribution is 2.39. The number of thioether (sulfide) groups is 1. The van der Waals surface area contributed by atoms with Crippen LogP contribution in [0.25, 0.3) is 4.85 Å². The van der Waals surface area contributed by atoms with Crippen molar-refractivity contribution < 1.29 is 14.6 Å². The molecule has 1 atom stereocenters. The first-order chi connectivity index (χ1) is 16.6. The normalized spacial score (nSPS) is 15.4. The predicted molar refractivity (Wildman–Crippen MR) is 137 cm³/mol. The number of hydrogen-bond donors (Lipinski definition) is 2. The van der Waals surface area contributed by atoms with Crippen molar-refractivity contribution in [2.45, 2.75) is 69.6 Å². The summed E-state index contributed by atoms with van der Waals surface area (Å²) in [6.45, 7) is 16.5. The third-order valence-electron chi connectivity index (χ3n) is 5.50. The van der Waals surface area contributed by atoms with Gasteiger partial charge in [0, 0.05) is 25.4 Å². The number of anilines is 1. The van der Waals surface area contributed by atoms with Gasteiger partial charge in [0.05, 0.1) is 18.2 Å². The zero-order chi connectivity index (χ0) is 25.6. The van der Waals surface area contributed by atoms with E-state index >= 15 is 0 Å². The van der Waals surface area contributed by atoms with Crippen molar-refractivity contribution >= 4 is 29.4 Å². The second-order valence-electron chi connectivity index (χ2n) is 9.37. The van der Waals surface area contributed by atoms with Crippen LogP contribution in [0.15, 0.2) is 29.3 Å². The summed E-state index contributed by atoms with van der Waals surface area (Å²) in [6, 6.07) is 10.1. The Hall–Kier alpha value is -3.27. The van der Waals surface area contributed by atoms with Crippen LogP contribution in [0.1, 0.15) is 56.4 Å². The SMILES string of the molecule is [C-]#[N+]c1c(N2CCC(O)C2)nc(SCc2ccc(CNC(=O)OC(C)(C)C)cc2)c(C#N)c1CC. The van der Waals surface area contributed by atoms with Gasteiger partial charge in [-0.2, -0.15) is 5.26 Å². The molecule has 0 saturated carbocycles. The third-order valence-corrected chi connectivity index (χ3v) is 6.54. The fraction of sp³-hybridized carbons (Fsp3) is 0.462. The van der Waals surface area contributed by atoms with Crippen LogP contribution >= 0.6 is 11.8 Å². The molecule has 0 bridgehead atoms. The van der Waals surface area contributed by atoms with Crippen LogP contribution < -0.4 is 10.2 Å². The highest BCUT2D eigenvalue weighted by molar-refractivity contribution is 7.98. The maximum atomic E-state index is 11.9. The molecule has 8 nitrogen and oxygen atoms in total. The molecule has 1 aromatic carbocycles. The smallest absolute Gasteiger partial charge is 0.407 e. The van der Waals surface area contributed by atoms with E-state index in [1.165, 1.54) is 11.8 Å². The van der Waals surface area contributed by atoms with E-state index in [1.54, 1.807) is 0 Å². The summed E-state index contributed by atoms with van der Waals surface area (Å²) in [4.78, 5) is 22.2. The van der Waals surface area contributed by atoms with Crippen LogP contribution in [0.5, 0.6) is 0 Å². The zero-order valence-corrected chi connectivity index (χ0v) is 21.4. The number of alkyl carbamates (subject to hydrolysis) is 1. The zero-order valence-electron chi connectivity index (χ0n) is 20.6. The molecule has 0 spiro atoms. The fourth-order valence-electron chi connectivity index (χ4n) is 3.82. The summed E-state index contributed by atoms with van der Waals surface area (Å²) in [5.41, 5.74) is 3.02.